The van der Waals surface area contributed by atoms with E-state index in [-0.39, 0.29) is 6.10 Å². The van der Waals surface area contributed by atoms with Crippen LogP contribution in [-0.4, -0.2) is 39.4 Å². The molecule has 1 heterocycles. The highest BCUT2D eigenvalue weighted by Gasteiger charge is 2.21. The largest absolute Gasteiger partial charge is 0.373 e. The first-order valence-electron chi connectivity index (χ1n) is 7.26. The molecule has 1 N–H and O–H groups in total. The summed E-state index contributed by atoms with van der Waals surface area (Å²) in [5.74, 6) is 0. The number of nitriles is 1. The summed E-state index contributed by atoms with van der Waals surface area (Å²) in [4.78, 5) is 2.36. The van der Waals surface area contributed by atoms with Crippen molar-refractivity contribution in [3.05, 3.63) is 42.0 Å². The molecular formula is C17H19N3O. The summed E-state index contributed by atoms with van der Waals surface area (Å²) in [6, 6.07) is 14.4. The molecule has 1 atom stereocenters. The van der Waals surface area contributed by atoms with Gasteiger partial charge in [-0.2, -0.15) is 5.26 Å². The molecule has 0 spiro atoms. The van der Waals surface area contributed by atoms with Crippen molar-refractivity contribution in [1.82, 2.24) is 5.32 Å². The Balaban J connectivity index is 1.99. The van der Waals surface area contributed by atoms with E-state index < -0.39 is 0 Å². The number of likely N-dealkylation sites (N-methyl/N-ethyl adjacent to an activating group) is 1. The van der Waals surface area contributed by atoms with E-state index in [1.165, 1.54) is 5.69 Å². The molecular weight excluding hydrogens is 262 g/mol. The highest BCUT2D eigenvalue weighted by Crippen LogP contribution is 2.30. The zero-order chi connectivity index (χ0) is 14.7. The van der Waals surface area contributed by atoms with Crippen molar-refractivity contribution < 1.29 is 4.74 Å². The molecule has 1 aliphatic heterocycles. The molecule has 0 aliphatic carbocycles. The summed E-state index contributed by atoms with van der Waals surface area (Å²) in [7, 11) is 1.94. The first-order chi connectivity index (χ1) is 10.3. The number of rotatable bonds is 3. The molecule has 1 aliphatic rings. The van der Waals surface area contributed by atoms with Gasteiger partial charge in [-0.25, -0.2) is 0 Å². The lowest BCUT2D eigenvalue weighted by molar-refractivity contribution is 0.0422. The quantitative estimate of drug-likeness (QED) is 0.936. The van der Waals surface area contributed by atoms with E-state index in [4.69, 9.17) is 4.74 Å². The van der Waals surface area contributed by atoms with Crippen LogP contribution in [0.15, 0.2) is 36.4 Å². The summed E-state index contributed by atoms with van der Waals surface area (Å²) in [6.07, 6.45) is 0.207. The van der Waals surface area contributed by atoms with Crippen molar-refractivity contribution in [1.29, 1.82) is 5.26 Å². The van der Waals surface area contributed by atoms with Crippen LogP contribution >= 0.6 is 0 Å². The van der Waals surface area contributed by atoms with E-state index in [2.05, 4.69) is 28.4 Å². The molecule has 0 saturated carbocycles. The Morgan fingerprint density at radius 3 is 2.86 bits per heavy atom. The second kappa shape index (κ2) is 6.13. The van der Waals surface area contributed by atoms with E-state index >= 15 is 0 Å². The fourth-order valence-electron chi connectivity index (χ4n) is 2.95. The third-order valence-corrected chi connectivity index (χ3v) is 3.93. The molecule has 21 heavy (non-hydrogen) atoms. The van der Waals surface area contributed by atoms with Gasteiger partial charge in [0, 0.05) is 36.1 Å². The Hall–Kier alpha value is -2.09. The Morgan fingerprint density at radius 1 is 1.29 bits per heavy atom. The zero-order valence-corrected chi connectivity index (χ0v) is 12.2. The van der Waals surface area contributed by atoms with Gasteiger partial charge in [0.1, 0.15) is 0 Å². The molecule has 2 aromatic rings. The van der Waals surface area contributed by atoms with Crippen LogP contribution in [0.3, 0.4) is 0 Å². The van der Waals surface area contributed by atoms with E-state index in [9.17, 15) is 5.26 Å². The molecule has 4 nitrogen and oxygen atoms in total. The second-order valence-corrected chi connectivity index (χ2v) is 5.29. The van der Waals surface area contributed by atoms with Crippen molar-refractivity contribution in [2.24, 2.45) is 0 Å². The molecule has 0 radical (unpaired) electrons. The van der Waals surface area contributed by atoms with Crippen molar-refractivity contribution in [3.63, 3.8) is 0 Å². The Bertz CT molecular complexity index is 675. The maximum absolute atomic E-state index is 9.26. The SMILES string of the molecule is CNCC1CN(c2ccc(C#N)c3ccccc23)CCO1. The average Bonchev–Trinajstić information content (AvgIpc) is 2.54. The van der Waals surface area contributed by atoms with Crippen molar-refractivity contribution in [2.75, 3.05) is 38.2 Å². The lowest BCUT2D eigenvalue weighted by Crippen LogP contribution is -2.46. The Morgan fingerprint density at radius 2 is 2.10 bits per heavy atom. The standard InChI is InChI=1S/C17H19N3O/c1-19-11-14-12-20(8-9-21-14)17-7-6-13(10-18)15-4-2-3-5-16(15)17/h2-7,14,19H,8-9,11-12H2,1H3. The number of fused-ring (bicyclic) bond motifs is 1. The molecule has 1 fully saturated rings. The number of nitrogens with zero attached hydrogens (tertiary/aromatic N) is 2. The van der Waals surface area contributed by atoms with E-state index in [1.54, 1.807) is 0 Å². The Labute approximate surface area is 124 Å². The zero-order valence-electron chi connectivity index (χ0n) is 12.2. The third-order valence-electron chi connectivity index (χ3n) is 3.93. The van der Waals surface area contributed by atoms with Crippen LogP contribution in [-0.2, 0) is 4.74 Å². The third kappa shape index (κ3) is 2.71. The molecule has 0 amide bonds. The van der Waals surface area contributed by atoms with Crippen LogP contribution in [0.1, 0.15) is 5.56 Å². The first kappa shape index (κ1) is 13.9. The second-order valence-electron chi connectivity index (χ2n) is 5.29. The van der Waals surface area contributed by atoms with Crippen LogP contribution in [0, 0.1) is 11.3 Å². The summed E-state index contributed by atoms with van der Waals surface area (Å²) in [5.41, 5.74) is 1.92. The van der Waals surface area contributed by atoms with Crippen LogP contribution in [0.4, 0.5) is 5.69 Å². The fourth-order valence-corrected chi connectivity index (χ4v) is 2.95. The van der Waals surface area contributed by atoms with Crippen LogP contribution in [0.25, 0.3) is 10.8 Å². The Kier molecular flexibility index (Phi) is 4.05. The van der Waals surface area contributed by atoms with Crippen molar-refractivity contribution in [2.45, 2.75) is 6.10 Å². The molecule has 0 bridgehead atoms. The summed E-state index contributed by atoms with van der Waals surface area (Å²) in [5, 5.41) is 14.6. The van der Waals surface area contributed by atoms with E-state index in [0.29, 0.717) is 0 Å². The van der Waals surface area contributed by atoms with E-state index in [1.807, 2.05) is 31.3 Å². The van der Waals surface area contributed by atoms with Crippen LogP contribution in [0.5, 0.6) is 0 Å². The smallest absolute Gasteiger partial charge is 0.0998 e. The highest BCUT2D eigenvalue weighted by atomic mass is 16.5. The number of morpholine rings is 1. The van der Waals surface area contributed by atoms with Crippen LogP contribution in [0.2, 0.25) is 0 Å². The normalized spacial score (nSPS) is 18.7. The van der Waals surface area contributed by atoms with Crippen molar-refractivity contribution >= 4 is 16.5 Å². The van der Waals surface area contributed by atoms with Gasteiger partial charge in [0.25, 0.3) is 0 Å². The number of hydrogen-bond acceptors (Lipinski definition) is 4. The van der Waals surface area contributed by atoms with Gasteiger partial charge in [0.15, 0.2) is 0 Å². The number of anilines is 1. The first-order valence-corrected chi connectivity index (χ1v) is 7.26. The highest BCUT2D eigenvalue weighted by molar-refractivity contribution is 5.97. The monoisotopic (exact) mass is 281 g/mol. The van der Waals surface area contributed by atoms with Crippen LogP contribution < -0.4 is 10.2 Å². The van der Waals surface area contributed by atoms with Gasteiger partial charge in [0.2, 0.25) is 0 Å². The minimum Gasteiger partial charge on any atom is -0.373 e. The summed E-state index contributed by atoms with van der Waals surface area (Å²) in [6.45, 7) is 3.35. The summed E-state index contributed by atoms with van der Waals surface area (Å²) < 4.78 is 5.77. The van der Waals surface area contributed by atoms with Gasteiger partial charge in [-0.1, -0.05) is 24.3 Å². The minimum atomic E-state index is 0.207. The number of nitrogens with one attached hydrogen (secondary N) is 1. The lowest BCUT2D eigenvalue weighted by Gasteiger charge is -2.35. The van der Waals surface area contributed by atoms with Gasteiger partial charge < -0.3 is 15.0 Å². The lowest BCUT2D eigenvalue weighted by atomic mass is 10.0. The molecule has 0 aromatic heterocycles. The molecule has 3 rings (SSSR count). The minimum absolute atomic E-state index is 0.207. The molecule has 108 valence electrons. The number of ether oxygens (including phenoxy) is 1. The fraction of sp³-hybridized carbons (Fsp3) is 0.353. The topological polar surface area (TPSA) is 48.3 Å². The summed E-state index contributed by atoms with van der Waals surface area (Å²) >= 11 is 0. The predicted octanol–water partition coefficient (Wildman–Crippen LogP) is 2.14. The molecule has 1 saturated heterocycles. The van der Waals surface area contributed by atoms with Gasteiger partial charge >= 0.3 is 0 Å². The molecule has 1 unspecified atom stereocenters. The maximum atomic E-state index is 9.26. The molecule has 2 aromatic carbocycles. The number of benzene rings is 2. The van der Waals surface area contributed by atoms with Crippen molar-refractivity contribution in [3.8, 4) is 6.07 Å². The predicted molar refractivity (Wildman–Crippen MR) is 84.5 cm³/mol. The van der Waals surface area contributed by atoms with E-state index in [0.717, 1.165) is 42.6 Å². The molecule has 4 heteroatoms. The van der Waals surface area contributed by atoms with Gasteiger partial charge in [-0.15, -0.1) is 0 Å². The van der Waals surface area contributed by atoms with Gasteiger partial charge in [0.05, 0.1) is 24.3 Å². The number of hydrogen-bond donors (Lipinski definition) is 1. The maximum Gasteiger partial charge on any atom is 0.0998 e. The van der Waals surface area contributed by atoms with Gasteiger partial charge in [-0.05, 0) is 19.2 Å². The van der Waals surface area contributed by atoms with Gasteiger partial charge in [-0.3, -0.25) is 0 Å². The average molecular weight is 281 g/mol.